The maximum Gasteiger partial charge on any atom is 0.145 e. The third-order valence-electron chi connectivity index (χ3n) is 5.15. The Morgan fingerprint density at radius 3 is 2.42 bits per heavy atom. The molecule has 2 heterocycles. The average Bonchev–Trinajstić information content (AvgIpc) is 3.08. The van der Waals surface area contributed by atoms with E-state index in [-0.39, 0.29) is 6.17 Å². The van der Waals surface area contributed by atoms with E-state index >= 15 is 0 Å². The minimum absolute atomic E-state index is 0.0400. The van der Waals surface area contributed by atoms with Gasteiger partial charge in [-0.25, -0.2) is 4.98 Å². The van der Waals surface area contributed by atoms with Gasteiger partial charge in [-0.3, -0.25) is 4.57 Å². The Morgan fingerprint density at radius 1 is 0.885 bits per heavy atom. The van der Waals surface area contributed by atoms with Gasteiger partial charge in [0, 0.05) is 18.3 Å². The highest BCUT2D eigenvalue weighted by Gasteiger charge is 2.32. The number of aromatic nitrogens is 2. The van der Waals surface area contributed by atoms with Crippen LogP contribution < -0.4 is 9.64 Å². The molecule has 1 aromatic heterocycles. The molecule has 0 spiro atoms. The second-order valence-corrected chi connectivity index (χ2v) is 6.57. The van der Waals surface area contributed by atoms with E-state index in [1.807, 2.05) is 18.2 Å². The van der Waals surface area contributed by atoms with Crippen molar-refractivity contribution in [1.82, 2.24) is 9.55 Å². The van der Waals surface area contributed by atoms with E-state index in [1.165, 1.54) is 11.3 Å². The molecule has 4 aromatic rings. The molecule has 0 saturated heterocycles. The molecule has 1 aliphatic heterocycles. The molecule has 0 bridgehead atoms. The van der Waals surface area contributed by atoms with Crippen LogP contribution in [0.1, 0.15) is 11.7 Å². The minimum atomic E-state index is 0.0400. The van der Waals surface area contributed by atoms with Crippen LogP contribution in [0.25, 0.3) is 22.4 Å². The van der Waals surface area contributed by atoms with Crippen LogP contribution in [0.3, 0.4) is 0 Å². The molecule has 26 heavy (non-hydrogen) atoms. The highest BCUT2D eigenvalue weighted by Crippen LogP contribution is 2.43. The van der Waals surface area contributed by atoms with Crippen LogP contribution >= 0.6 is 0 Å². The highest BCUT2D eigenvalue weighted by atomic mass is 16.5. The number of methoxy groups -OCH3 is 1. The fourth-order valence-corrected chi connectivity index (χ4v) is 3.91. The van der Waals surface area contributed by atoms with Gasteiger partial charge in [-0.2, -0.15) is 0 Å². The Morgan fingerprint density at radius 2 is 1.62 bits per heavy atom. The SMILES string of the molecule is COc1ccc([C@H]2N(C)c3ccccc3-c3nc4ccccc4n32)cc1. The van der Waals surface area contributed by atoms with Crippen LogP contribution in [-0.4, -0.2) is 23.7 Å². The zero-order chi connectivity index (χ0) is 17.7. The molecule has 4 nitrogen and oxygen atoms in total. The molecule has 0 N–H and O–H groups in total. The average molecular weight is 341 g/mol. The lowest BCUT2D eigenvalue weighted by atomic mass is 10.0. The normalized spacial score (nSPS) is 15.6. The second-order valence-electron chi connectivity index (χ2n) is 6.57. The van der Waals surface area contributed by atoms with Gasteiger partial charge in [0.2, 0.25) is 0 Å². The molecule has 1 aliphatic rings. The predicted octanol–water partition coefficient (Wildman–Crippen LogP) is 4.71. The van der Waals surface area contributed by atoms with E-state index < -0.39 is 0 Å². The lowest BCUT2D eigenvalue weighted by molar-refractivity contribution is 0.414. The number of hydrogen-bond acceptors (Lipinski definition) is 3. The standard InChI is InChI=1S/C22H19N3O/c1-24-19-9-5-3-7-17(19)21-23-18-8-4-6-10-20(18)25(21)22(24)15-11-13-16(26-2)14-12-15/h3-14,22H,1-2H3/t22-/m0/s1. The van der Waals surface area contributed by atoms with Crippen molar-refractivity contribution in [2.45, 2.75) is 6.17 Å². The van der Waals surface area contributed by atoms with Crippen LogP contribution in [0.5, 0.6) is 5.75 Å². The van der Waals surface area contributed by atoms with Crippen molar-refractivity contribution < 1.29 is 4.74 Å². The van der Waals surface area contributed by atoms with Crippen LogP contribution in [0.4, 0.5) is 5.69 Å². The molecule has 0 amide bonds. The minimum Gasteiger partial charge on any atom is -0.497 e. The number of nitrogens with zero attached hydrogens (tertiary/aromatic N) is 3. The van der Waals surface area contributed by atoms with Gasteiger partial charge in [0.1, 0.15) is 17.7 Å². The van der Waals surface area contributed by atoms with Gasteiger partial charge in [0.25, 0.3) is 0 Å². The summed E-state index contributed by atoms with van der Waals surface area (Å²) in [6.45, 7) is 0. The first kappa shape index (κ1) is 15.0. The number of para-hydroxylation sites is 3. The van der Waals surface area contributed by atoms with Crippen molar-refractivity contribution in [2.75, 3.05) is 19.1 Å². The van der Waals surface area contributed by atoms with E-state index in [2.05, 4.69) is 71.1 Å². The molecule has 0 aliphatic carbocycles. The Labute approximate surface area is 152 Å². The lowest BCUT2D eigenvalue weighted by Gasteiger charge is -2.38. The van der Waals surface area contributed by atoms with Gasteiger partial charge in [-0.05, 0) is 42.0 Å². The predicted molar refractivity (Wildman–Crippen MR) is 105 cm³/mol. The van der Waals surface area contributed by atoms with Crippen molar-refractivity contribution in [3.05, 3.63) is 78.4 Å². The fourth-order valence-electron chi connectivity index (χ4n) is 3.91. The van der Waals surface area contributed by atoms with Crippen molar-refractivity contribution >= 4 is 16.7 Å². The van der Waals surface area contributed by atoms with E-state index in [9.17, 15) is 0 Å². The summed E-state index contributed by atoms with van der Waals surface area (Å²) in [6.07, 6.45) is 0.0400. The first-order valence-electron chi connectivity index (χ1n) is 8.71. The topological polar surface area (TPSA) is 30.3 Å². The number of anilines is 1. The molecule has 128 valence electrons. The van der Waals surface area contributed by atoms with E-state index in [0.717, 1.165) is 28.2 Å². The summed E-state index contributed by atoms with van der Waals surface area (Å²) in [5, 5.41) is 0. The summed E-state index contributed by atoms with van der Waals surface area (Å²) in [5.74, 6) is 1.88. The fraction of sp³-hybridized carbons (Fsp3) is 0.136. The molecular formula is C22H19N3O. The van der Waals surface area contributed by atoms with Gasteiger partial charge in [0.15, 0.2) is 0 Å². The molecule has 0 fully saturated rings. The Bertz CT molecular complexity index is 1100. The third-order valence-corrected chi connectivity index (χ3v) is 5.15. The van der Waals surface area contributed by atoms with Gasteiger partial charge >= 0.3 is 0 Å². The zero-order valence-electron chi connectivity index (χ0n) is 14.8. The second kappa shape index (κ2) is 5.63. The molecule has 0 saturated carbocycles. The molecule has 1 atom stereocenters. The number of fused-ring (bicyclic) bond motifs is 5. The largest absolute Gasteiger partial charge is 0.497 e. The number of ether oxygens (including phenoxy) is 1. The smallest absolute Gasteiger partial charge is 0.145 e. The van der Waals surface area contributed by atoms with E-state index in [0.29, 0.717) is 0 Å². The van der Waals surface area contributed by atoms with Crippen LogP contribution in [0.2, 0.25) is 0 Å². The summed E-state index contributed by atoms with van der Waals surface area (Å²) >= 11 is 0. The summed E-state index contributed by atoms with van der Waals surface area (Å²) in [7, 11) is 3.84. The summed E-state index contributed by atoms with van der Waals surface area (Å²) in [5.41, 5.74) is 5.72. The van der Waals surface area contributed by atoms with Crippen molar-refractivity contribution in [3.8, 4) is 17.1 Å². The van der Waals surface area contributed by atoms with Crippen LogP contribution in [-0.2, 0) is 0 Å². The van der Waals surface area contributed by atoms with E-state index in [1.54, 1.807) is 7.11 Å². The van der Waals surface area contributed by atoms with Crippen LogP contribution in [0.15, 0.2) is 72.8 Å². The van der Waals surface area contributed by atoms with Gasteiger partial charge in [0.05, 0.1) is 18.1 Å². The Hall–Kier alpha value is -3.27. The van der Waals surface area contributed by atoms with Gasteiger partial charge in [-0.15, -0.1) is 0 Å². The van der Waals surface area contributed by atoms with Crippen molar-refractivity contribution in [3.63, 3.8) is 0 Å². The van der Waals surface area contributed by atoms with Crippen LogP contribution in [0, 0.1) is 0 Å². The summed E-state index contributed by atoms with van der Waals surface area (Å²) in [4.78, 5) is 7.27. The molecule has 0 radical (unpaired) electrons. The molecular weight excluding hydrogens is 322 g/mol. The Kier molecular flexibility index (Phi) is 3.25. The first-order valence-corrected chi connectivity index (χ1v) is 8.71. The molecule has 5 rings (SSSR count). The number of rotatable bonds is 2. The number of benzene rings is 3. The van der Waals surface area contributed by atoms with E-state index in [4.69, 9.17) is 9.72 Å². The van der Waals surface area contributed by atoms with Crippen molar-refractivity contribution in [2.24, 2.45) is 0 Å². The molecule has 3 aromatic carbocycles. The monoisotopic (exact) mass is 341 g/mol. The first-order chi connectivity index (χ1) is 12.8. The maximum absolute atomic E-state index is 5.33. The van der Waals surface area contributed by atoms with Gasteiger partial charge in [-0.1, -0.05) is 36.4 Å². The third kappa shape index (κ3) is 2.05. The molecule has 4 heteroatoms. The summed E-state index contributed by atoms with van der Waals surface area (Å²) < 4.78 is 7.66. The summed E-state index contributed by atoms with van der Waals surface area (Å²) in [6, 6.07) is 25.1. The number of imidazole rings is 1. The highest BCUT2D eigenvalue weighted by molar-refractivity contribution is 5.87. The zero-order valence-corrected chi connectivity index (χ0v) is 14.8. The Balaban J connectivity index is 1.81. The van der Waals surface area contributed by atoms with Crippen molar-refractivity contribution in [1.29, 1.82) is 0 Å². The molecule has 0 unspecified atom stereocenters. The van der Waals surface area contributed by atoms with Gasteiger partial charge < -0.3 is 9.64 Å². The maximum atomic E-state index is 5.33. The lowest BCUT2D eigenvalue weighted by Crippen LogP contribution is -2.34. The number of hydrogen-bond donors (Lipinski definition) is 0. The quantitative estimate of drug-likeness (QED) is 0.529.